The molecule has 0 spiro atoms. The molecule has 2 aromatic rings. The van der Waals surface area contributed by atoms with Crippen molar-refractivity contribution >= 4 is 29.9 Å². The van der Waals surface area contributed by atoms with Crippen molar-refractivity contribution in [2.24, 2.45) is 5.41 Å². The number of phenols is 2. The monoisotopic (exact) mass is 596 g/mol. The van der Waals surface area contributed by atoms with E-state index in [1.165, 1.54) is 18.2 Å². The van der Waals surface area contributed by atoms with Crippen molar-refractivity contribution in [3.05, 3.63) is 113 Å². The van der Waals surface area contributed by atoms with Crippen LogP contribution in [0.2, 0.25) is 0 Å². The fourth-order valence-corrected chi connectivity index (χ4v) is 4.79. The maximum Gasteiger partial charge on any atom is 0.311 e. The highest BCUT2D eigenvalue weighted by molar-refractivity contribution is 6.01. The molecule has 0 radical (unpaired) electrons. The van der Waals surface area contributed by atoms with Gasteiger partial charge in [0.25, 0.3) is 0 Å². The van der Waals surface area contributed by atoms with Crippen molar-refractivity contribution < 1.29 is 34.1 Å². The smallest absolute Gasteiger partial charge is 0.311 e. The number of Topliss-reactive ketones (excluding diaryl/α,β-unsaturated/α-hetero) is 1. The maximum atomic E-state index is 13.1. The summed E-state index contributed by atoms with van der Waals surface area (Å²) in [6, 6.07) is 11.0. The van der Waals surface area contributed by atoms with Gasteiger partial charge in [-0.1, -0.05) is 86.2 Å². The van der Waals surface area contributed by atoms with Gasteiger partial charge in [-0.15, -0.1) is 0 Å². The third-order valence-corrected chi connectivity index (χ3v) is 7.06. The van der Waals surface area contributed by atoms with E-state index in [-0.39, 0.29) is 30.1 Å². The highest BCUT2D eigenvalue weighted by Gasteiger charge is 2.39. The SMILES string of the molecule is C=C(C)C=CC=C(C)C=CC1=C(C)C(=O)C(OC(=O)CCC(=O)Oc2ccc(C=Cc3cc(O)cc(O)c3)cc2)CC1(C)C. The van der Waals surface area contributed by atoms with Gasteiger partial charge in [-0.25, -0.2) is 0 Å². The van der Waals surface area contributed by atoms with E-state index in [4.69, 9.17) is 9.47 Å². The Morgan fingerprint density at radius 3 is 2.18 bits per heavy atom. The number of ether oxygens (including phenoxy) is 2. The molecule has 0 fully saturated rings. The molecular weight excluding hydrogens is 556 g/mol. The summed E-state index contributed by atoms with van der Waals surface area (Å²) in [7, 11) is 0. The van der Waals surface area contributed by atoms with Gasteiger partial charge in [0, 0.05) is 12.5 Å². The molecule has 2 N–H and O–H groups in total. The van der Waals surface area contributed by atoms with Gasteiger partial charge in [0.05, 0.1) is 12.8 Å². The predicted molar refractivity (Wildman–Crippen MR) is 173 cm³/mol. The van der Waals surface area contributed by atoms with Gasteiger partial charge >= 0.3 is 11.9 Å². The van der Waals surface area contributed by atoms with Gasteiger partial charge in [-0.3, -0.25) is 14.4 Å². The lowest BCUT2D eigenvalue weighted by atomic mass is 9.71. The summed E-state index contributed by atoms with van der Waals surface area (Å²) in [6.45, 7) is 13.5. The van der Waals surface area contributed by atoms with Crippen LogP contribution in [-0.2, 0) is 19.1 Å². The zero-order valence-corrected chi connectivity index (χ0v) is 25.9. The summed E-state index contributed by atoms with van der Waals surface area (Å²) in [5, 5.41) is 19.2. The second-order valence-electron chi connectivity index (χ2n) is 11.6. The molecule has 0 saturated heterocycles. The van der Waals surface area contributed by atoms with Crippen LogP contribution < -0.4 is 4.74 Å². The lowest BCUT2D eigenvalue weighted by molar-refractivity contribution is -0.157. The van der Waals surface area contributed by atoms with Crippen molar-refractivity contribution in [3.63, 3.8) is 0 Å². The van der Waals surface area contributed by atoms with Gasteiger partial charge in [0.15, 0.2) is 11.9 Å². The van der Waals surface area contributed by atoms with Crippen LogP contribution >= 0.6 is 0 Å². The summed E-state index contributed by atoms with van der Waals surface area (Å²) in [5.41, 5.74) is 4.45. The predicted octanol–water partition coefficient (Wildman–Crippen LogP) is 7.82. The Balaban J connectivity index is 1.52. The first-order valence-corrected chi connectivity index (χ1v) is 14.4. The normalized spacial score (nSPS) is 17.1. The van der Waals surface area contributed by atoms with Gasteiger partial charge in [0.2, 0.25) is 0 Å². The number of carbonyl (C=O) groups excluding carboxylic acids is 3. The Kier molecular flexibility index (Phi) is 11.5. The van der Waals surface area contributed by atoms with Crippen LogP contribution in [-0.4, -0.2) is 34.0 Å². The van der Waals surface area contributed by atoms with Crippen molar-refractivity contribution in [3.8, 4) is 17.2 Å². The molecule has 2 aromatic carbocycles. The Hall–Kier alpha value is -4.91. The van der Waals surface area contributed by atoms with Crippen LogP contribution in [0.5, 0.6) is 17.2 Å². The molecule has 230 valence electrons. The molecule has 0 bridgehead atoms. The lowest BCUT2D eigenvalue weighted by Gasteiger charge is -2.36. The number of carbonyl (C=O) groups is 3. The Labute approximate surface area is 259 Å². The van der Waals surface area contributed by atoms with Crippen molar-refractivity contribution in [2.75, 3.05) is 0 Å². The van der Waals surface area contributed by atoms with E-state index in [2.05, 4.69) is 6.58 Å². The second-order valence-corrected chi connectivity index (χ2v) is 11.6. The van der Waals surface area contributed by atoms with E-state index in [1.807, 2.05) is 58.1 Å². The highest BCUT2D eigenvalue weighted by Crippen LogP contribution is 2.41. The highest BCUT2D eigenvalue weighted by atomic mass is 16.6. The van der Waals surface area contributed by atoms with E-state index in [0.717, 1.165) is 22.3 Å². The number of phenolic OH excluding ortho intramolecular Hbond substituents is 2. The third kappa shape index (κ3) is 10.1. The zero-order chi connectivity index (χ0) is 32.4. The Morgan fingerprint density at radius 1 is 0.932 bits per heavy atom. The third-order valence-electron chi connectivity index (χ3n) is 7.06. The molecule has 1 unspecified atom stereocenters. The lowest BCUT2D eigenvalue weighted by Crippen LogP contribution is -2.39. The molecule has 7 nitrogen and oxygen atoms in total. The molecule has 0 heterocycles. The van der Waals surface area contributed by atoms with Gasteiger partial charge in [0.1, 0.15) is 17.2 Å². The summed E-state index contributed by atoms with van der Waals surface area (Å²) >= 11 is 0. The minimum Gasteiger partial charge on any atom is -0.508 e. The average Bonchev–Trinajstić information content (AvgIpc) is 2.93. The van der Waals surface area contributed by atoms with Crippen LogP contribution in [0.25, 0.3) is 12.2 Å². The minimum atomic E-state index is -0.912. The van der Waals surface area contributed by atoms with Crippen LogP contribution in [0.15, 0.2) is 102 Å². The van der Waals surface area contributed by atoms with E-state index in [1.54, 1.807) is 43.3 Å². The largest absolute Gasteiger partial charge is 0.508 e. The topological polar surface area (TPSA) is 110 Å². The maximum absolute atomic E-state index is 13.1. The van der Waals surface area contributed by atoms with Gasteiger partial charge in [-0.2, -0.15) is 0 Å². The van der Waals surface area contributed by atoms with Crippen molar-refractivity contribution in [2.45, 2.75) is 60.0 Å². The van der Waals surface area contributed by atoms with E-state index < -0.39 is 23.5 Å². The summed E-state index contributed by atoms with van der Waals surface area (Å²) < 4.78 is 10.9. The molecule has 0 saturated carbocycles. The van der Waals surface area contributed by atoms with Crippen LogP contribution in [0, 0.1) is 5.41 Å². The number of hydrogen-bond acceptors (Lipinski definition) is 7. The fourth-order valence-electron chi connectivity index (χ4n) is 4.79. The van der Waals surface area contributed by atoms with Gasteiger partial charge < -0.3 is 19.7 Å². The standard InChI is InChI=1S/C37H40O7/c1-24(2)8-7-9-25(3)10-17-32-26(4)36(42)33(23-37(32,5)6)44-35(41)19-18-34(40)43-31-15-13-27(14-16-31)11-12-28-20-29(38)22-30(39)21-28/h7-17,20-22,33,38-39H,1,18-19,23H2,2-6H3. The van der Waals surface area contributed by atoms with E-state index >= 15 is 0 Å². The number of aromatic hydroxyl groups is 2. The first kappa shape index (κ1) is 33.6. The van der Waals surface area contributed by atoms with E-state index in [0.29, 0.717) is 23.3 Å². The summed E-state index contributed by atoms with van der Waals surface area (Å²) in [4.78, 5) is 38.0. The quantitative estimate of drug-likeness (QED) is 0.118. The summed E-state index contributed by atoms with van der Waals surface area (Å²) in [6.07, 6.45) is 12.2. The number of rotatable bonds is 11. The molecular formula is C37H40O7. The van der Waals surface area contributed by atoms with Crippen LogP contribution in [0.1, 0.15) is 65.0 Å². The van der Waals surface area contributed by atoms with Crippen LogP contribution in [0.4, 0.5) is 0 Å². The second kappa shape index (κ2) is 15.0. The molecule has 1 atom stereocenters. The number of esters is 2. The van der Waals surface area contributed by atoms with E-state index in [9.17, 15) is 24.6 Å². The zero-order valence-electron chi connectivity index (χ0n) is 25.9. The number of hydrogen-bond donors (Lipinski definition) is 2. The first-order valence-electron chi connectivity index (χ1n) is 14.4. The fraction of sp³-hybridized carbons (Fsp3) is 0.270. The molecule has 3 rings (SSSR count). The first-order chi connectivity index (χ1) is 20.7. The van der Waals surface area contributed by atoms with Crippen LogP contribution in [0.3, 0.4) is 0 Å². The minimum absolute atomic E-state index is 0.0406. The number of allylic oxidation sites excluding steroid dienone is 8. The average molecular weight is 597 g/mol. The molecule has 44 heavy (non-hydrogen) atoms. The molecule has 0 aliphatic heterocycles. The molecule has 1 aliphatic rings. The Morgan fingerprint density at radius 2 is 1.55 bits per heavy atom. The Bertz CT molecular complexity index is 1540. The molecule has 0 aromatic heterocycles. The molecule has 0 amide bonds. The van der Waals surface area contributed by atoms with Crippen molar-refractivity contribution in [1.29, 1.82) is 0 Å². The molecule has 7 heteroatoms. The molecule has 1 aliphatic carbocycles. The number of ketones is 1. The summed E-state index contributed by atoms with van der Waals surface area (Å²) in [5.74, 6) is -1.23. The van der Waals surface area contributed by atoms with Crippen molar-refractivity contribution in [1.82, 2.24) is 0 Å². The number of benzene rings is 2. The van der Waals surface area contributed by atoms with Gasteiger partial charge in [-0.05, 0) is 72.7 Å².